The number of amides is 1. The van der Waals surface area contributed by atoms with Gasteiger partial charge in [-0.15, -0.1) is 0 Å². The first kappa shape index (κ1) is 17.3. The molecule has 1 heterocycles. The molecule has 5 nitrogen and oxygen atoms in total. The highest BCUT2D eigenvalue weighted by Gasteiger charge is 2.32. The molecule has 1 rings (SSSR count). The van der Waals surface area contributed by atoms with Crippen LogP contribution in [0.3, 0.4) is 0 Å². The van der Waals surface area contributed by atoms with Crippen LogP contribution in [-0.4, -0.2) is 52.5 Å². The maximum atomic E-state index is 12.3. The summed E-state index contributed by atoms with van der Waals surface area (Å²) in [5, 5.41) is 9.18. The number of carboxylic acid groups (broad SMARTS) is 1. The molecule has 1 amide bonds. The van der Waals surface area contributed by atoms with E-state index in [2.05, 4.69) is 13.8 Å². The number of hydrogen-bond donors (Lipinski definition) is 2. The Balaban J connectivity index is 2.53. The highest BCUT2D eigenvalue weighted by Crippen LogP contribution is 2.23. The van der Waals surface area contributed by atoms with E-state index >= 15 is 0 Å². The molecule has 0 aromatic rings. The van der Waals surface area contributed by atoms with Crippen LogP contribution in [0.1, 0.15) is 33.1 Å². The van der Waals surface area contributed by atoms with Gasteiger partial charge in [0.25, 0.3) is 0 Å². The van der Waals surface area contributed by atoms with Crippen LogP contribution in [0.15, 0.2) is 0 Å². The summed E-state index contributed by atoms with van der Waals surface area (Å²) in [4.78, 5) is 25.0. The van der Waals surface area contributed by atoms with Crippen molar-refractivity contribution in [2.24, 2.45) is 17.6 Å². The second kappa shape index (κ2) is 8.52. The van der Waals surface area contributed by atoms with Crippen molar-refractivity contribution in [3.05, 3.63) is 0 Å². The first-order chi connectivity index (χ1) is 9.47. The summed E-state index contributed by atoms with van der Waals surface area (Å²) in [6.45, 7) is 5.46. The number of aliphatic carboxylic acids is 1. The molecule has 0 saturated carbocycles. The summed E-state index contributed by atoms with van der Waals surface area (Å²) in [6, 6.07) is -0.659. The molecule has 116 valence electrons. The molecule has 0 aromatic heterocycles. The number of nitrogens with zero attached hydrogens (tertiary/aromatic N) is 1. The number of thioether (sulfide) groups is 1. The fourth-order valence-electron chi connectivity index (χ4n) is 2.58. The van der Waals surface area contributed by atoms with Gasteiger partial charge in [-0.05, 0) is 31.2 Å². The van der Waals surface area contributed by atoms with E-state index in [1.54, 1.807) is 16.7 Å². The Kier molecular flexibility index (Phi) is 7.37. The minimum absolute atomic E-state index is 0.0274. The van der Waals surface area contributed by atoms with Gasteiger partial charge in [0.15, 0.2) is 0 Å². The lowest BCUT2D eigenvalue weighted by Gasteiger charge is -2.33. The second-order valence-corrected chi connectivity index (χ2v) is 6.79. The van der Waals surface area contributed by atoms with E-state index in [9.17, 15) is 14.7 Å². The highest BCUT2D eigenvalue weighted by atomic mass is 32.2. The van der Waals surface area contributed by atoms with Gasteiger partial charge < -0.3 is 15.7 Å². The Bertz CT molecular complexity index is 336. The summed E-state index contributed by atoms with van der Waals surface area (Å²) in [6.07, 6.45) is 2.14. The van der Waals surface area contributed by atoms with Crippen LogP contribution in [0.25, 0.3) is 0 Å². The van der Waals surface area contributed by atoms with Crippen molar-refractivity contribution in [1.29, 1.82) is 0 Å². The molecule has 0 bridgehead atoms. The predicted molar refractivity (Wildman–Crippen MR) is 81.7 cm³/mol. The molecular weight excluding hydrogens is 276 g/mol. The number of rotatable bonds is 7. The summed E-state index contributed by atoms with van der Waals surface area (Å²) < 4.78 is 0. The number of carboxylic acids is 1. The third-order valence-electron chi connectivity index (χ3n) is 3.94. The number of hydrogen-bond acceptors (Lipinski definition) is 4. The molecule has 0 aliphatic carbocycles. The van der Waals surface area contributed by atoms with E-state index < -0.39 is 12.0 Å². The van der Waals surface area contributed by atoms with Crippen LogP contribution in [-0.2, 0) is 9.59 Å². The average Bonchev–Trinajstić information content (AvgIpc) is 2.42. The van der Waals surface area contributed by atoms with E-state index in [-0.39, 0.29) is 5.91 Å². The smallest absolute Gasteiger partial charge is 0.327 e. The van der Waals surface area contributed by atoms with Crippen molar-refractivity contribution in [3.63, 3.8) is 0 Å². The van der Waals surface area contributed by atoms with Crippen LogP contribution in [0.2, 0.25) is 0 Å². The molecule has 6 heteroatoms. The lowest BCUT2D eigenvalue weighted by Crippen LogP contribution is -2.50. The second-order valence-electron chi connectivity index (χ2n) is 5.64. The van der Waals surface area contributed by atoms with Gasteiger partial charge in [-0.2, -0.15) is 11.8 Å². The third-order valence-corrected chi connectivity index (χ3v) is 4.97. The fourth-order valence-corrected chi connectivity index (χ4v) is 3.62. The zero-order valence-corrected chi connectivity index (χ0v) is 13.2. The van der Waals surface area contributed by atoms with Crippen LogP contribution in [0.5, 0.6) is 0 Å². The fraction of sp³-hybridized carbons (Fsp3) is 0.857. The normalized spacial score (nSPS) is 21.0. The summed E-state index contributed by atoms with van der Waals surface area (Å²) >= 11 is 1.60. The van der Waals surface area contributed by atoms with E-state index in [1.165, 1.54) is 0 Å². The topological polar surface area (TPSA) is 83.6 Å². The predicted octanol–water partition coefficient (Wildman–Crippen LogP) is 1.42. The van der Waals surface area contributed by atoms with Crippen molar-refractivity contribution in [2.75, 3.05) is 24.6 Å². The molecule has 20 heavy (non-hydrogen) atoms. The maximum absolute atomic E-state index is 12.3. The van der Waals surface area contributed by atoms with Gasteiger partial charge in [0.1, 0.15) is 6.04 Å². The SMILES string of the molecule is CC(C)C(CCN)CCC(=O)N1CCSCC1C(=O)O. The summed E-state index contributed by atoms with van der Waals surface area (Å²) in [5.41, 5.74) is 5.60. The molecule has 1 fully saturated rings. The third kappa shape index (κ3) is 4.98. The van der Waals surface area contributed by atoms with Gasteiger partial charge in [-0.25, -0.2) is 4.79 Å². The molecule has 0 radical (unpaired) electrons. The van der Waals surface area contributed by atoms with Crippen molar-refractivity contribution in [2.45, 2.75) is 39.2 Å². The standard InChI is InChI=1S/C14H26N2O3S/c1-10(2)11(5-6-15)3-4-13(17)16-7-8-20-9-12(16)14(18)19/h10-12H,3-9,15H2,1-2H3,(H,18,19). The van der Waals surface area contributed by atoms with E-state index in [0.717, 1.165) is 18.6 Å². The molecule has 1 saturated heterocycles. The van der Waals surface area contributed by atoms with Gasteiger partial charge in [-0.1, -0.05) is 13.8 Å². The van der Waals surface area contributed by atoms with Crippen molar-refractivity contribution >= 4 is 23.6 Å². The van der Waals surface area contributed by atoms with Crippen LogP contribution in [0.4, 0.5) is 0 Å². The molecule has 2 atom stereocenters. The maximum Gasteiger partial charge on any atom is 0.327 e. The van der Waals surface area contributed by atoms with Crippen LogP contribution < -0.4 is 5.73 Å². The number of carbonyl (C=O) groups is 2. The Morgan fingerprint density at radius 3 is 2.65 bits per heavy atom. The van der Waals surface area contributed by atoms with E-state index in [1.807, 2.05) is 0 Å². The van der Waals surface area contributed by atoms with Gasteiger partial charge in [-0.3, -0.25) is 4.79 Å². The van der Waals surface area contributed by atoms with E-state index in [4.69, 9.17) is 5.73 Å². The van der Waals surface area contributed by atoms with Gasteiger partial charge in [0.05, 0.1) is 0 Å². The largest absolute Gasteiger partial charge is 0.480 e. The lowest BCUT2D eigenvalue weighted by atomic mass is 9.88. The van der Waals surface area contributed by atoms with Crippen LogP contribution >= 0.6 is 11.8 Å². The van der Waals surface area contributed by atoms with Crippen molar-refractivity contribution in [1.82, 2.24) is 4.90 Å². The molecule has 2 unspecified atom stereocenters. The monoisotopic (exact) mass is 302 g/mol. The molecule has 3 N–H and O–H groups in total. The van der Waals surface area contributed by atoms with E-state index in [0.29, 0.717) is 37.1 Å². The number of nitrogens with two attached hydrogens (primary N) is 1. The molecule has 0 aromatic carbocycles. The minimum Gasteiger partial charge on any atom is -0.480 e. The molecular formula is C14H26N2O3S. The Morgan fingerprint density at radius 2 is 2.10 bits per heavy atom. The minimum atomic E-state index is -0.895. The first-order valence-electron chi connectivity index (χ1n) is 7.27. The van der Waals surface area contributed by atoms with Crippen molar-refractivity contribution < 1.29 is 14.7 Å². The molecule has 1 aliphatic heterocycles. The van der Waals surface area contributed by atoms with Crippen molar-refractivity contribution in [3.8, 4) is 0 Å². The summed E-state index contributed by atoms with van der Waals surface area (Å²) in [5.74, 6) is 1.34. The lowest BCUT2D eigenvalue weighted by molar-refractivity contribution is -0.149. The highest BCUT2D eigenvalue weighted by molar-refractivity contribution is 7.99. The zero-order chi connectivity index (χ0) is 15.1. The summed E-state index contributed by atoms with van der Waals surface area (Å²) in [7, 11) is 0. The molecule has 1 aliphatic rings. The Hall–Kier alpha value is -0.750. The Labute approximate surface area is 125 Å². The zero-order valence-electron chi connectivity index (χ0n) is 12.4. The first-order valence-corrected chi connectivity index (χ1v) is 8.43. The quantitative estimate of drug-likeness (QED) is 0.743. The van der Waals surface area contributed by atoms with Crippen LogP contribution in [0, 0.1) is 11.8 Å². The van der Waals surface area contributed by atoms with Gasteiger partial charge >= 0.3 is 5.97 Å². The number of carbonyl (C=O) groups excluding carboxylic acids is 1. The molecule has 0 spiro atoms. The Morgan fingerprint density at radius 1 is 1.40 bits per heavy atom. The average molecular weight is 302 g/mol. The van der Waals surface area contributed by atoms with Gasteiger partial charge in [0, 0.05) is 24.5 Å². The van der Waals surface area contributed by atoms with Gasteiger partial charge in [0.2, 0.25) is 5.91 Å².